The summed E-state index contributed by atoms with van der Waals surface area (Å²) in [6.45, 7) is 3.33. The van der Waals surface area contributed by atoms with E-state index in [0.717, 1.165) is 16.5 Å². The number of carbonyl (C=O) groups excluding carboxylic acids is 1. The number of nitrogens with one attached hydrogen (secondary N) is 1. The molecule has 2 N–H and O–H groups in total. The molecule has 0 bridgehead atoms. The van der Waals surface area contributed by atoms with Gasteiger partial charge in [0.25, 0.3) is 0 Å². The minimum absolute atomic E-state index is 0.00153. The van der Waals surface area contributed by atoms with Crippen molar-refractivity contribution < 1.29 is 9.90 Å². The lowest BCUT2D eigenvalue weighted by Gasteiger charge is -1.97. The Morgan fingerprint density at radius 2 is 2.07 bits per heavy atom. The van der Waals surface area contributed by atoms with Gasteiger partial charge in [0.05, 0.1) is 5.69 Å². The number of H-pyrrole nitrogens is 1. The number of Topliss-reactive ketones (excluding diaryl/α,β-unsaturated/α-hetero) is 1. The van der Waals surface area contributed by atoms with Crippen molar-refractivity contribution in [3.05, 3.63) is 29.5 Å². The summed E-state index contributed by atoms with van der Waals surface area (Å²) < 4.78 is 0. The Balaban J connectivity index is 2.72. The highest BCUT2D eigenvalue weighted by Gasteiger charge is 2.06. The third-order valence-corrected chi connectivity index (χ3v) is 2.32. The highest BCUT2D eigenvalue weighted by molar-refractivity contribution is 5.98. The fraction of sp³-hybridized carbons (Fsp3) is 0.182. The Kier molecular flexibility index (Phi) is 1.81. The van der Waals surface area contributed by atoms with Gasteiger partial charge in [-0.3, -0.25) is 4.79 Å². The Bertz CT molecular complexity index is 472. The number of ketones is 1. The van der Waals surface area contributed by atoms with Crippen LogP contribution in [0.4, 0.5) is 0 Å². The lowest BCUT2D eigenvalue weighted by molar-refractivity contribution is 0.101. The topological polar surface area (TPSA) is 53.1 Å². The minimum atomic E-state index is -0.00153. The van der Waals surface area contributed by atoms with Crippen LogP contribution in [0.25, 0.3) is 10.9 Å². The molecule has 0 atom stereocenters. The first-order valence-electron chi connectivity index (χ1n) is 4.41. The zero-order valence-electron chi connectivity index (χ0n) is 8.09. The summed E-state index contributed by atoms with van der Waals surface area (Å²) in [4.78, 5) is 14.1. The van der Waals surface area contributed by atoms with E-state index >= 15 is 0 Å². The lowest BCUT2D eigenvalue weighted by atomic mass is 10.1. The first kappa shape index (κ1) is 8.81. The summed E-state index contributed by atoms with van der Waals surface area (Å²) in [6, 6.07) is 5.24. The number of aromatic amines is 1. The summed E-state index contributed by atoms with van der Waals surface area (Å²) in [7, 11) is 0. The van der Waals surface area contributed by atoms with Crippen LogP contribution in [-0.2, 0) is 0 Å². The molecule has 0 spiro atoms. The average Bonchev–Trinajstić information content (AvgIpc) is 2.48. The van der Waals surface area contributed by atoms with E-state index in [1.807, 2.05) is 13.0 Å². The second-order valence-electron chi connectivity index (χ2n) is 3.47. The molecule has 3 heteroatoms. The number of aromatic nitrogens is 1. The molecule has 0 radical (unpaired) electrons. The van der Waals surface area contributed by atoms with Crippen molar-refractivity contribution in [3.8, 4) is 5.75 Å². The summed E-state index contributed by atoms with van der Waals surface area (Å²) >= 11 is 0. The van der Waals surface area contributed by atoms with Crippen molar-refractivity contribution >= 4 is 16.7 Å². The molecule has 0 saturated heterocycles. The van der Waals surface area contributed by atoms with Gasteiger partial charge in [0.1, 0.15) is 5.75 Å². The van der Waals surface area contributed by atoms with Gasteiger partial charge < -0.3 is 10.1 Å². The van der Waals surface area contributed by atoms with Crippen LogP contribution in [0.3, 0.4) is 0 Å². The normalized spacial score (nSPS) is 10.7. The number of rotatable bonds is 1. The van der Waals surface area contributed by atoms with E-state index in [9.17, 15) is 9.90 Å². The molecule has 1 aromatic carbocycles. The zero-order chi connectivity index (χ0) is 10.3. The van der Waals surface area contributed by atoms with E-state index < -0.39 is 0 Å². The summed E-state index contributed by atoms with van der Waals surface area (Å²) in [5.74, 6) is 0.255. The van der Waals surface area contributed by atoms with Crippen LogP contribution in [-0.4, -0.2) is 15.9 Å². The number of benzene rings is 1. The molecular weight excluding hydrogens is 178 g/mol. The van der Waals surface area contributed by atoms with E-state index in [2.05, 4.69) is 4.98 Å². The maximum atomic E-state index is 11.1. The molecular formula is C11H11NO2. The molecule has 72 valence electrons. The Hall–Kier alpha value is -1.77. The first-order valence-corrected chi connectivity index (χ1v) is 4.41. The van der Waals surface area contributed by atoms with E-state index in [1.165, 1.54) is 6.92 Å². The second kappa shape index (κ2) is 2.87. The van der Waals surface area contributed by atoms with Crippen LogP contribution in [0.2, 0.25) is 0 Å². The van der Waals surface area contributed by atoms with E-state index in [0.29, 0.717) is 5.69 Å². The fourth-order valence-corrected chi connectivity index (χ4v) is 1.47. The largest absolute Gasteiger partial charge is 0.508 e. The fourth-order valence-electron chi connectivity index (χ4n) is 1.47. The summed E-state index contributed by atoms with van der Waals surface area (Å²) in [5, 5.41) is 10.3. The zero-order valence-corrected chi connectivity index (χ0v) is 8.09. The van der Waals surface area contributed by atoms with Crippen molar-refractivity contribution in [2.24, 2.45) is 0 Å². The number of hydrogen-bond donors (Lipinski definition) is 2. The van der Waals surface area contributed by atoms with Gasteiger partial charge in [0.15, 0.2) is 5.78 Å². The highest BCUT2D eigenvalue weighted by Crippen LogP contribution is 2.24. The van der Waals surface area contributed by atoms with Crippen LogP contribution in [0.1, 0.15) is 23.0 Å². The van der Waals surface area contributed by atoms with Gasteiger partial charge in [-0.1, -0.05) is 0 Å². The van der Waals surface area contributed by atoms with E-state index in [1.54, 1.807) is 12.1 Å². The Morgan fingerprint density at radius 1 is 1.36 bits per heavy atom. The molecule has 0 saturated carbocycles. The predicted octanol–water partition coefficient (Wildman–Crippen LogP) is 2.38. The SMILES string of the molecule is CC(=O)c1cc2cc(O)c(C)cc2[nH]1. The molecule has 0 aliphatic heterocycles. The third-order valence-electron chi connectivity index (χ3n) is 2.32. The van der Waals surface area contributed by atoms with Gasteiger partial charge in [0, 0.05) is 17.8 Å². The van der Waals surface area contributed by atoms with Gasteiger partial charge in [0.2, 0.25) is 0 Å². The van der Waals surface area contributed by atoms with E-state index in [4.69, 9.17) is 0 Å². The molecule has 1 heterocycles. The van der Waals surface area contributed by atoms with Crippen molar-refractivity contribution in [2.45, 2.75) is 13.8 Å². The molecule has 2 rings (SSSR count). The quantitative estimate of drug-likeness (QED) is 0.677. The maximum absolute atomic E-state index is 11.1. The Labute approximate surface area is 81.4 Å². The molecule has 0 aliphatic rings. The van der Waals surface area contributed by atoms with Crippen LogP contribution in [0.5, 0.6) is 5.75 Å². The maximum Gasteiger partial charge on any atom is 0.175 e. The number of aromatic hydroxyl groups is 1. The number of phenolic OH excluding ortho intramolecular Hbond substituents is 1. The molecule has 14 heavy (non-hydrogen) atoms. The van der Waals surface area contributed by atoms with Gasteiger partial charge in [-0.25, -0.2) is 0 Å². The lowest BCUT2D eigenvalue weighted by Crippen LogP contribution is -1.89. The first-order chi connectivity index (χ1) is 6.58. The minimum Gasteiger partial charge on any atom is -0.508 e. The molecule has 1 aromatic heterocycles. The monoisotopic (exact) mass is 189 g/mol. The van der Waals surface area contributed by atoms with Crippen LogP contribution in [0, 0.1) is 6.92 Å². The van der Waals surface area contributed by atoms with Gasteiger partial charge in [-0.05, 0) is 30.7 Å². The smallest absolute Gasteiger partial charge is 0.175 e. The van der Waals surface area contributed by atoms with Crippen molar-refractivity contribution in [1.82, 2.24) is 4.98 Å². The van der Waals surface area contributed by atoms with E-state index in [-0.39, 0.29) is 11.5 Å². The molecule has 0 aliphatic carbocycles. The summed E-state index contributed by atoms with van der Waals surface area (Å²) in [5.41, 5.74) is 2.25. The predicted molar refractivity (Wildman–Crippen MR) is 54.7 cm³/mol. The number of carbonyl (C=O) groups is 1. The van der Waals surface area contributed by atoms with Crippen molar-refractivity contribution in [1.29, 1.82) is 0 Å². The number of phenols is 1. The highest BCUT2D eigenvalue weighted by atomic mass is 16.3. The number of aryl methyl sites for hydroxylation is 1. The summed E-state index contributed by atoms with van der Waals surface area (Å²) in [6.07, 6.45) is 0. The molecule has 0 amide bonds. The molecule has 0 fully saturated rings. The third kappa shape index (κ3) is 1.27. The Morgan fingerprint density at radius 3 is 2.71 bits per heavy atom. The van der Waals surface area contributed by atoms with Crippen LogP contribution >= 0.6 is 0 Å². The average molecular weight is 189 g/mol. The van der Waals surface area contributed by atoms with Gasteiger partial charge in [-0.2, -0.15) is 0 Å². The molecule has 2 aromatic rings. The second-order valence-corrected chi connectivity index (χ2v) is 3.47. The number of fused-ring (bicyclic) bond motifs is 1. The molecule has 3 nitrogen and oxygen atoms in total. The molecule has 0 unspecified atom stereocenters. The van der Waals surface area contributed by atoms with Gasteiger partial charge >= 0.3 is 0 Å². The van der Waals surface area contributed by atoms with Gasteiger partial charge in [-0.15, -0.1) is 0 Å². The van der Waals surface area contributed by atoms with Crippen LogP contribution < -0.4 is 0 Å². The number of hydrogen-bond acceptors (Lipinski definition) is 2. The van der Waals surface area contributed by atoms with Crippen molar-refractivity contribution in [3.63, 3.8) is 0 Å². The van der Waals surface area contributed by atoms with Crippen LogP contribution in [0.15, 0.2) is 18.2 Å². The van der Waals surface area contributed by atoms with Crippen molar-refractivity contribution in [2.75, 3.05) is 0 Å². The standard InChI is InChI=1S/C11H11NO2/c1-6-3-10-8(5-11(6)14)4-9(12-10)7(2)13/h3-5,12,14H,1-2H3.